The molecular weight excluding hydrogens is 200 g/mol. The van der Waals surface area contributed by atoms with Gasteiger partial charge in [-0.3, -0.25) is 4.79 Å². The Bertz CT molecular complexity index is 270. The molecule has 0 fully saturated rings. The fourth-order valence-corrected chi connectivity index (χ4v) is 1.60. The average molecular weight is 214 g/mol. The minimum atomic E-state index is -0.138. The lowest BCUT2D eigenvalue weighted by atomic mass is 10.2. The largest absolute Gasteiger partial charge is 0.394 e. The Balaban J connectivity index is 2.35. The van der Waals surface area contributed by atoms with Gasteiger partial charge in [0.15, 0.2) is 0 Å². The molecule has 1 rings (SSSR count). The van der Waals surface area contributed by atoms with Crippen molar-refractivity contribution in [2.24, 2.45) is 0 Å². The average Bonchev–Trinajstić information content (AvgIpc) is 2.66. The molecule has 0 aliphatic heterocycles. The molecule has 0 aliphatic carbocycles. The van der Waals surface area contributed by atoms with Crippen molar-refractivity contribution in [2.75, 3.05) is 6.61 Å². The first-order valence-corrected chi connectivity index (χ1v) is 5.47. The first-order valence-electron chi connectivity index (χ1n) is 4.53. The molecule has 1 amide bonds. The summed E-state index contributed by atoms with van der Waals surface area (Å²) in [5.74, 6) is -0.0863. The number of carbonyl (C=O) groups excluding carboxylic acids is 1. The summed E-state index contributed by atoms with van der Waals surface area (Å²) in [6.07, 6.45) is 1.03. The van der Waals surface area contributed by atoms with E-state index >= 15 is 0 Å². The van der Waals surface area contributed by atoms with Crippen LogP contribution in [-0.4, -0.2) is 28.6 Å². The van der Waals surface area contributed by atoms with Gasteiger partial charge in [0.05, 0.1) is 30.3 Å². The van der Waals surface area contributed by atoms with E-state index in [2.05, 4.69) is 10.3 Å². The molecule has 1 aromatic heterocycles. The summed E-state index contributed by atoms with van der Waals surface area (Å²) in [5.41, 5.74) is 2.48. The van der Waals surface area contributed by atoms with Crippen LogP contribution in [0.4, 0.5) is 0 Å². The molecular formula is C9H14N2O2S. The fourth-order valence-electron chi connectivity index (χ4n) is 1.04. The van der Waals surface area contributed by atoms with Crippen molar-refractivity contribution in [3.63, 3.8) is 0 Å². The van der Waals surface area contributed by atoms with Gasteiger partial charge in [0.25, 0.3) is 0 Å². The predicted molar refractivity (Wildman–Crippen MR) is 55.1 cm³/mol. The van der Waals surface area contributed by atoms with Crippen molar-refractivity contribution >= 4 is 17.2 Å². The maximum Gasteiger partial charge on any atom is 0.226 e. The standard InChI is InChI=1S/C9H14N2O2S/c1-2-7(4-12)11-9(13)3-8-5-14-6-10-8/h5-7,12H,2-4H2,1H3,(H,11,13). The number of aromatic nitrogens is 1. The molecule has 0 saturated heterocycles. The summed E-state index contributed by atoms with van der Waals surface area (Å²) in [4.78, 5) is 15.4. The monoisotopic (exact) mass is 214 g/mol. The quantitative estimate of drug-likeness (QED) is 0.753. The summed E-state index contributed by atoms with van der Waals surface area (Å²) in [6.45, 7) is 1.91. The number of rotatable bonds is 5. The number of aliphatic hydroxyl groups excluding tert-OH is 1. The van der Waals surface area contributed by atoms with E-state index in [4.69, 9.17) is 5.11 Å². The van der Waals surface area contributed by atoms with Gasteiger partial charge in [-0.25, -0.2) is 4.98 Å². The SMILES string of the molecule is CCC(CO)NC(=O)Cc1cscn1. The zero-order valence-electron chi connectivity index (χ0n) is 8.06. The number of thiazole rings is 1. The lowest BCUT2D eigenvalue weighted by Crippen LogP contribution is -2.37. The normalized spacial score (nSPS) is 12.4. The van der Waals surface area contributed by atoms with E-state index in [1.165, 1.54) is 11.3 Å². The third-order valence-corrected chi connectivity index (χ3v) is 2.54. The fraction of sp³-hybridized carbons (Fsp3) is 0.556. The van der Waals surface area contributed by atoms with Gasteiger partial charge in [-0.1, -0.05) is 6.92 Å². The van der Waals surface area contributed by atoms with Crippen molar-refractivity contribution in [3.05, 3.63) is 16.6 Å². The van der Waals surface area contributed by atoms with E-state index in [1.54, 1.807) is 5.51 Å². The van der Waals surface area contributed by atoms with Crippen molar-refractivity contribution in [2.45, 2.75) is 25.8 Å². The Hall–Kier alpha value is -0.940. The lowest BCUT2D eigenvalue weighted by molar-refractivity contribution is -0.121. The maximum absolute atomic E-state index is 11.4. The van der Waals surface area contributed by atoms with Gasteiger partial charge in [0, 0.05) is 5.38 Å². The minimum absolute atomic E-state index is 0.0146. The number of carbonyl (C=O) groups is 1. The Morgan fingerprint density at radius 2 is 2.57 bits per heavy atom. The molecule has 14 heavy (non-hydrogen) atoms. The third kappa shape index (κ3) is 3.43. The number of hydrogen-bond donors (Lipinski definition) is 2. The molecule has 1 unspecified atom stereocenters. The highest BCUT2D eigenvalue weighted by Gasteiger charge is 2.10. The maximum atomic E-state index is 11.4. The summed E-state index contributed by atoms with van der Waals surface area (Å²) >= 11 is 1.47. The highest BCUT2D eigenvalue weighted by Crippen LogP contribution is 2.01. The van der Waals surface area contributed by atoms with Gasteiger partial charge < -0.3 is 10.4 Å². The molecule has 5 heteroatoms. The Labute approximate surface area is 87.0 Å². The van der Waals surface area contributed by atoms with E-state index in [0.717, 1.165) is 12.1 Å². The van der Waals surface area contributed by atoms with Crippen LogP contribution in [0, 0.1) is 0 Å². The molecule has 1 atom stereocenters. The highest BCUT2D eigenvalue weighted by atomic mass is 32.1. The van der Waals surface area contributed by atoms with E-state index in [-0.39, 0.29) is 18.6 Å². The number of amides is 1. The predicted octanol–water partition coefficient (Wildman–Crippen LogP) is 0.573. The van der Waals surface area contributed by atoms with E-state index in [0.29, 0.717) is 6.42 Å². The van der Waals surface area contributed by atoms with Crippen LogP contribution < -0.4 is 5.32 Å². The van der Waals surface area contributed by atoms with Crippen molar-refractivity contribution < 1.29 is 9.90 Å². The van der Waals surface area contributed by atoms with Crippen molar-refractivity contribution in [1.29, 1.82) is 0 Å². The van der Waals surface area contributed by atoms with Crippen LogP contribution in [0.25, 0.3) is 0 Å². The van der Waals surface area contributed by atoms with E-state index in [1.807, 2.05) is 12.3 Å². The topological polar surface area (TPSA) is 62.2 Å². The van der Waals surface area contributed by atoms with Crippen LogP contribution in [0.5, 0.6) is 0 Å². The summed E-state index contributed by atoms with van der Waals surface area (Å²) in [6, 6.07) is -0.138. The smallest absolute Gasteiger partial charge is 0.226 e. The van der Waals surface area contributed by atoms with Crippen LogP contribution in [-0.2, 0) is 11.2 Å². The number of hydrogen-bond acceptors (Lipinski definition) is 4. The zero-order chi connectivity index (χ0) is 10.4. The molecule has 78 valence electrons. The molecule has 1 aromatic rings. The summed E-state index contributed by atoms with van der Waals surface area (Å²) in [5, 5.41) is 13.4. The Morgan fingerprint density at radius 3 is 3.07 bits per heavy atom. The lowest BCUT2D eigenvalue weighted by Gasteiger charge is -2.13. The van der Waals surface area contributed by atoms with Gasteiger partial charge in [0.2, 0.25) is 5.91 Å². The van der Waals surface area contributed by atoms with Crippen LogP contribution >= 0.6 is 11.3 Å². The second-order valence-corrected chi connectivity index (χ2v) is 3.73. The summed E-state index contributed by atoms with van der Waals surface area (Å²) in [7, 11) is 0. The molecule has 2 N–H and O–H groups in total. The second kappa shape index (κ2) is 5.72. The molecule has 0 aliphatic rings. The van der Waals surface area contributed by atoms with Gasteiger partial charge in [-0.15, -0.1) is 11.3 Å². The van der Waals surface area contributed by atoms with E-state index < -0.39 is 0 Å². The van der Waals surface area contributed by atoms with E-state index in [9.17, 15) is 4.79 Å². The zero-order valence-corrected chi connectivity index (χ0v) is 8.88. The Kier molecular flexibility index (Phi) is 4.55. The summed E-state index contributed by atoms with van der Waals surface area (Å²) < 4.78 is 0. The Morgan fingerprint density at radius 1 is 1.79 bits per heavy atom. The van der Waals surface area contributed by atoms with Crippen LogP contribution in [0.2, 0.25) is 0 Å². The molecule has 0 spiro atoms. The molecule has 4 nitrogen and oxygen atoms in total. The van der Waals surface area contributed by atoms with Crippen LogP contribution in [0.1, 0.15) is 19.0 Å². The number of aliphatic hydroxyl groups is 1. The molecule has 0 aromatic carbocycles. The van der Waals surface area contributed by atoms with Gasteiger partial charge in [0.1, 0.15) is 0 Å². The number of nitrogens with one attached hydrogen (secondary N) is 1. The molecule has 1 heterocycles. The van der Waals surface area contributed by atoms with Crippen molar-refractivity contribution in [1.82, 2.24) is 10.3 Å². The van der Waals surface area contributed by atoms with Gasteiger partial charge in [-0.05, 0) is 6.42 Å². The van der Waals surface area contributed by atoms with Crippen molar-refractivity contribution in [3.8, 4) is 0 Å². The minimum Gasteiger partial charge on any atom is -0.394 e. The van der Waals surface area contributed by atoms with Gasteiger partial charge >= 0.3 is 0 Å². The first kappa shape index (κ1) is 11.1. The molecule has 0 radical (unpaired) electrons. The third-order valence-electron chi connectivity index (χ3n) is 1.90. The molecule has 0 bridgehead atoms. The molecule has 0 saturated carbocycles. The first-order chi connectivity index (χ1) is 6.76. The number of nitrogens with zero attached hydrogens (tertiary/aromatic N) is 1. The van der Waals surface area contributed by atoms with Crippen LogP contribution in [0.3, 0.4) is 0 Å². The highest BCUT2D eigenvalue weighted by molar-refractivity contribution is 7.07. The second-order valence-electron chi connectivity index (χ2n) is 3.01. The van der Waals surface area contributed by atoms with Crippen LogP contribution in [0.15, 0.2) is 10.9 Å². The van der Waals surface area contributed by atoms with Gasteiger partial charge in [-0.2, -0.15) is 0 Å².